The molecule has 0 bridgehead atoms. The van der Waals surface area contributed by atoms with Crippen LogP contribution in [-0.2, 0) is 0 Å². The maximum Gasteiger partial charge on any atom is 0.136 e. The zero-order valence-electron chi connectivity index (χ0n) is 24.7. The summed E-state index contributed by atoms with van der Waals surface area (Å²) in [7, 11) is 0. The summed E-state index contributed by atoms with van der Waals surface area (Å²) in [6.07, 6.45) is 0. The third-order valence-corrected chi connectivity index (χ3v) is 10.1. The van der Waals surface area contributed by atoms with Crippen LogP contribution < -0.4 is 0 Å². The van der Waals surface area contributed by atoms with Crippen molar-refractivity contribution < 1.29 is 4.42 Å². The van der Waals surface area contributed by atoms with Crippen molar-refractivity contribution >= 4 is 53.4 Å². The third kappa shape index (κ3) is 4.31. The summed E-state index contributed by atoms with van der Waals surface area (Å²) in [4.78, 5) is 0. The van der Waals surface area contributed by atoms with Gasteiger partial charge in [-0.3, -0.25) is 0 Å². The molecule has 46 heavy (non-hydrogen) atoms. The van der Waals surface area contributed by atoms with E-state index in [1.807, 2.05) is 59.9 Å². The molecule has 0 saturated carbocycles. The van der Waals surface area contributed by atoms with Gasteiger partial charge in [-0.15, -0.1) is 11.3 Å². The van der Waals surface area contributed by atoms with Crippen LogP contribution in [-0.4, -0.2) is 0 Å². The van der Waals surface area contributed by atoms with Crippen LogP contribution in [0.15, 0.2) is 156 Å². The molecular weight excluding hydrogens is 579 g/mol. The van der Waals surface area contributed by atoms with Gasteiger partial charge in [0.1, 0.15) is 11.2 Å². The number of nitrogens with zero attached hydrogens (tertiary/aromatic N) is 1. The second-order valence-electron chi connectivity index (χ2n) is 11.6. The molecule has 0 atom stereocenters. The smallest absolute Gasteiger partial charge is 0.136 e. The van der Waals surface area contributed by atoms with E-state index in [1.54, 1.807) is 0 Å². The Morgan fingerprint density at radius 1 is 0.435 bits per heavy atom. The van der Waals surface area contributed by atoms with Gasteiger partial charge in [0.15, 0.2) is 0 Å². The van der Waals surface area contributed by atoms with Crippen molar-refractivity contribution in [1.29, 1.82) is 5.26 Å². The largest absolute Gasteiger partial charge is 0.456 e. The lowest BCUT2D eigenvalue weighted by molar-refractivity contribution is 0.669. The predicted molar refractivity (Wildman–Crippen MR) is 193 cm³/mol. The van der Waals surface area contributed by atoms with Gasteiger partial charge in [-0.2, -0.15) is 5.26 Å². The highest BCUT2D eigenvalue weighted by atomic mass is 32.1. The Labute approximate surface area is 270 Å². The van der Waals surface area contributed by atoms with E-state index in [0.717, 1.165) is 66.4 Å². The van der Waals surface area contributed by atoms with E-state index in [4.69, 9.17) is 4.42 Å². The Kier molecular flexibility index (Phi) is 6.09. The number of rotatable bonds is 4. The Bertz CT molecular complexity index is 2650. The molecule has 214 valence electrons. The second-order valence-corrected chi connectivity index (χ2v) is 12.7. The van der Waals surface area contributed by atoms with Crippen LogP contribution in [0.25, 0.3) is 86.6 Å². The minimum atomic E-state index is 0.630. The molecule has 9 aromatic rings. The summed E-state index contributed by atoms with van der Waals surface area (Å²) in [6.45, 7) is 0. The lowest BCUT2D eigenvalue weighted by Gasteiger charge is -2.16. The van der Waals surface area contributed by atoms with Gasteiger partial charge in [-0.25, -0.2) is 0 Å². The standard InChI is InChI=1S/C43H25NOS/c44-26-27-21-31(28-9-2-1-3-10-28)23-32(22-27)37-24-29(30-18-20-42-38(25-30)34-11-5-7-16-41(34)46-42)17-19-33(37)35-13-8-15-40-43(35)36-12-4-6-14-39(36)45-40/h1-25H. The number of benzene rings is 7. The lowest BCUT2D eigenvalue weighted by atomic mass is 9.87. The molecule has 7 aromatic carbocycles. The monoisotopic (exact) mass is 603 g/mol. The molecule has 0 aliphatic carbocycles. The van der Waals surface area contributed by atoms with E-state index in [2.05, 4.69) is 109 Å². The van der Waals surface area contributed by atoms with Crippen molar-refractivity contribution in [2.24, 2.45) is 0 Å². The van der Waals surface area contributed by atoms with Crippen molar-refractivity contribution in [2.75, 3.05) is 0 Å². The highest BCUT2D eigenvalue weighted by Crippen LogP contribution is 2.44. The molecule has 2 aromatic heterocycles. The predicted octanol–water partition coefficient (Wildman–Crippen LogP) is 12.5. The summed E-state index contributed by atoms with van der Waals surface area (Å²) in [5.74, 6) is 0. The van der Waals surface area contributed by atoms with E-state index in [1.165, 1.54) is 20.2 Å². The Morgan fingerprint density at radius 3 is 2.04 bits per heavy atom. The molecule has 2 nitrogen and oxygen atoms in total. The second kappa shape index (κ2) is 10.6. The number of hydrogen-bond donors (Lipinski definition) is 0. The number of nitriles is 1. The van der Waals surface area contributed by atoms with E-state index in [0.29, 0.717) is 5.56 Å². The number of thiophene rings is 1. The number of hydrogen-bond acceptors (Lipinski definition) is 3. The fourth-order valence-corrected chi connectivity index (χ4v) is 7.83. The summed E-state index contributed by atoms with van der Waals surface area (Å²) >= 11 is 1.83. The highest BCUT2D eigenvalue weighted by molar-refractivity contribution is 7.25. The van der Waals surface area contributed by atoms with E-state index < -0.39 is 0 Å². The van der Waals surface area contributed by atoms with E-state index in [9.17, 15) is 5.26 Å². The first kappa shape index (κ1) is 26.5. The van der Waals surface area contributed by atoms with E-state index >= 15 is 0 Å². The fourth-order valence-electron chi connectivity index (χ4n) is 6.75. The highest BCUT2D eigenvalue weighted by Gasteiger charge is 2.18. The average Bonchev–Trinajstić information content (AvgIpc) is 3.70. The van der Waals surface area contributed by atoms with Crippen molar-refractivity contribution in [3.63, 3.8) is 0 Å². The number of fused-ring (bicyclic) bond motifs is 6. The molecule has 9 rings (SSSR count). The molecule has 0 N–H and O–H groups in total. The topological polar surface area (TPSA) is 36.9 Å². The Morgan fingerprint density at radius 2 is 1.15 bits per heavy atom. The summed E-state index contributed by atoms with van der Waals surface area (Å²) in [6, 6.07) is 55.6. The van der Waals surface area contributed by atoms with Gasteiger partial charge < -0.3 is 4.42 Å². The van der Waals surface area contributed by atoms with Gasteiger partial charge in [0.05, 0.1) is 11.6 Å². The van der Waals surface area contributed by atoms with Crippen LogP contribution in [0.4, 0.5) is 0 Å². The molecule has 0 spiro atoms. The molecule has 0 radical (unpaired) electrons. The lowest BCUT2D eigenvalue weighted by Crippen LogP contribution is -1.91. The van der Waals surface area contributed by atoms with Crippen LogP contribution in [0.1, 0.15) is 5.56 Å². The average molecular weight is 604 g/mol. The Hall–Kier alpha value is -5.95. The summed E-state index contributed by atoms with van der Waals surface area (Å²) in [5.41, 5.74) is 11.0. The van der Waals surface area contributed by atoms with Crippen LogP contribution in [0, 0.1) is 11.3 Å². The zero-order valence-corrected chi connectivity index (χ0v) is 25.5. The van der Waals surface area contributed by atoms with Crippen molar-refractivity contribution in [2.45, 2.75) is 0 Å². The molecule has 0 fully saturated rings. The zero-order chi connectivity index (χ0) is 30.6. The van der Waals surface area contributed by atoms with Crippen molar-refractivity contribution in [1.82, 2.24) is 0 Å². The van der Waals surface area contributed by atoms with E-state index in [-0.39, 0.29) is 0 Å². The molecule has 0 amide bonds. The molecule has 0 aliphatic heterocycles. The Balaban J connectivity index is 1.32. The molecular formula is C43H25NOS. The minimum absolute atomic E-state index is 0.630. The van der Waals surface area contributed by atoms with Gasteiger partial charge in [-0.05, 0) is 99.1 Å². The fraction of sp³-hybridized carbons (Fsp3) is 0. The van der Waals surface area contributed by atoms with Gasteiger partial charge in [-0.1, -0.05) is 97.1 Å². The minimum Gasteiger partial charge on any atom is -0.456 e. The summed E-state index contributed by atoms with van der Waals surface area (Å²) in [5, 5.41) is 14.9. The first-order valence-electron chi connectivity index (χ1n) is 15.3. The summed E-state index contributed by atoms with van der Waals surface area (Å²) < 4.78 is 8.88. The molecule has 0 saturated heterocycles. The SMILES string of the molecule is N#Cc1cc(-c2ccccc2)cc(-c2cc(-c3ccc4sc5ccccc5c4c3)ccc2-c2cccc3oc4ccccc4c23)c1. The van der Waals surface area contributed by atoms with Crippen LogP contribution in [0.2, 0.25) is 0 Å². The molecule has 0 aliphatic rings. The van der Waals surface area contributed by atoms with Gasteiger partial charge in [0.2, 0.25) is 0 Å². The third-order valence-electron chi connectivity index (χ3n) is 8.90. The van der Waals surface area contributed by atoms with Crippen LogP contribution >= 0.6 is 11.3 Å². The first-order chi connectivity index (χ1) is 22.7. The van der Waals surface area contributed by atoms with Crippen LogP contribution in [0.3, 0.4) is 0 Å². The van der Waals surface area contributed by atoms with Crippen molar-refractivity contribution in [3.05, 3.63) is 157 Å². The van der Waals surface area contributed by atoms with Crippen LogP contribution in [0.5, 0.6) is 0 Å². The maximum absolute atomic E-state index is 10.1. The normalized spacial score (nSPS) is 11.5. The molecule has 0 unspecified atom stereocenters. The number of furan rings is 1. The first-order valence-corrected chi connectivity index (χ1v) is 16.1. The van der Waals surface area contributed by atoms with Gasteiger partial charge in [0.25, 0.3) is 0 Å². The quantitative estimate of drug-likeness (QED) is 0.201. The van der Waals surface area contributed by atoms with Crippen molar-refractivity contribution in [3.8, 4) is 50.6 Å². The van der Waals surface area contributed by atoms with Gasteiger partial charge >= 0.3 is 0 Å². The van der Waals surface area contributed by atoms with Gasteiger partial charge in [0, 0.05) is 30.9 Å². The number of para-hydroxylation sites is 1. The molecule has 3 heteroatoms. The maximum atomic E-state index is 10.1. The molecule has 2 heterocycles.